The molecular weight excluding hydrogens is 428 g/mol. The Labute approximate surface area is 191 Å². The summed E-state index contributed by atoms with van der Waals surface area (Å²) in [7, 11) is 0. The average Bonchev–Trinajstić information content (AvgIpc) is 3.30. The standard InChI is InChI=1S/C24H28N2O5S/c27-22(28)10-2-1-5-13-30-19-8-4-3-7-17(19)15-25-23(29)24-26(18-11-12-18)16-21(32-24)20-9-6-14-31-20/h3-4,6-9,14,16,18,24H,1-2,5,10-13,15H2,(H,25,29)(H,27,28). The van der Waals surface area contributed by atoms with Crippen molar-refractivity contribution in [3.63, 3.8) is 0 Å². The number of aliphatic carboxylic acids is 1. The first-order valence-electron chi connectivity index (χ1n) is 11.0. The summed E-state index contributed by atoms with van der Waals surface area (Å²) < 4.78 is 11.4. The summed E-state index contributed by atoms with van der Waals surface area (Å²) in [5, 5.41) is 11.5. The van der Waals surface area contributed by atoms with E-state index in [-0.39, 0.29) is 17.7 Å². The minimum atomic E-state index is -0.765. The number of para-hydroxylation sites is 1. The Kier molecular flexibility index (Phi) is 7.42. The predicted molar refractivity (Wildman–Crippen MR) is 123 cm³/mol. The molecule has 0 spiro atoms. The third kappa shape index (κ3) is 5.88. The first-order valence-corrected chi connectivity index (χ1v) is 11.9. The van der Waals surface area contributed by atoms with Crippen LogP contribution in [-0.2, 0) is 16.1 Å². The van der Waals surface area contributed by atoms with Crippen molar-refractivity contribution in [1.29, 1.82) is 0 Å². The maximum Gasteiger partial charge on any atom is 0.303 e. The molecule has 1 fully saturated rings. The van der Waals surface area contributed by atoms with Crippen molar-refractivity contribution in [2.24, 2.45) is 0 Å². The van der Waals surface area contributed by atoms with E-state index in [4.69, 9.17) is 14.3 Å². The van der Waals surface area contributed by atoms with Gasteiger partial charge in [0.1, 0.15) is 11.5 Å². The summed E-state index contributed by atoms with van der Waals surface area (Å²) in [5.74, 6) is 0.749. The Morgan fingerprint density at radius 1 is 1.16 bits per heavy atom. The van der Waals surface area contributed by atoms with E-state index in [0.29, 0.717) is 25.6 Å². The predicted octanol–water partition coefficient (Wildman–Crippen LogP) is 4.46. The van der Waals surface area contributed by atoms with E-state index in [9.17, 15) is 9.59 Å². The van der Waals surface area contributed by atoms with Gasteiger partial charge in [-0.15, -0.1) is 0 Å². The average molecular weight is 457 g/mol. The van der Waals surface area contributed by atoms with Gasteiger partial charge in [-0.25, -0.2) is 0 Å². The quantitative estimate of drug-likeness (QED) is 0.456. The second-order valence-corrected chi connectivity index (χ2v) is 9.12. The van der Waals surface area contributed by atoms with E-state index in [1.165, 1.54) is 11.8 Å². The lowest BCUT2D eigenvalue weighted by Gasteiger charge is -2.23. The first-order chi connectivity index (χ1) is 15.6. The van der Waals surface area contributed by atoms with Crippen LogP contribution in [0.2, 0.25) is 0 Å². The van der Waals surface area contributed by atoms with Crippen LogP contribution in [0.4, 0.5) is 0 Å². The van der Waals surface area contributed by atoms with Crippen molar-refractivity contribution in [3.8, 4) is 5.75 Å². The number of hydrogen-bond donors (Lipinski definition) is 2. The maximum absolute atomic E-state index is 13.0. The number of carbonyl (C=O) groups is 2. The van der Waals surface area contributed by atoms with Crippen LogP contribution in [-0.4, -0.2) is 39.9 Å². The third-order valence-corrected chi connectivity index (χ3v) is 6.69. The molecule has 7 nitrogen and oxygen atoms in total. The number of nitrogens with zero attached hydrogens (tertiary/aromatic N) is 1. The van der Waals surface area contributed by atoms with Crippen LogP contribution in [0.15, 0.2) is 53.3 Å². The van der Waals surface area contributed by atoms with Crippen molar-refractivity contribution in [2.45, 2.75) is 56.5 Å². The van der Waals surface area contributed by atoms with Crippen LogP contribution in [0.3, 0.4) is 0 Å². The van der Waals surface area contributed by atoms with Gasteiger partial charge in [0, 0.05) is 30.8 Å². The van der Waals surface area contributed by atoms with Crippen LogP contribution in [0, 0.1) is 0 Å². The van der Waals surface area contributed by atoms with Crippen LogP contribution in [0.25, 0.3) is 4.91 Å². The molecule has 8 heteroatoms. The molecule has 1 aliphatic carbocycles. The van der Waals surface area contributed by atoms with Gasteiger partial charge in [-0.1, -0.05) is 30.0 Å². The lowest BCUT2D eigenvalue weighted by molar-refractivity contribution is -0.137. The van der Waals surface area contributed by atoms with Gasteiger partial charge in [-0.3, -0.25) is 9.59 Å². The highest BCUT2D eigenvalue weighted by Crippen LogP contribution is 2.44. The molecule has 0 radical (unpaired) electrons. The SMILES string of the molecule is O=C(O)CCCCCOc1ccccc1CNC(=O)C1SC(c2ccco2)=CN1C1CC1. The number of ether oxygens (including phenoxy) is 1. The number of benzene rings is 1. The van der Waals surface area contributed by atoms with Gasteiger partial charge >= 0.3 is 5.97 Å². The Balaban J connectivity index is 1.29. The smallest absolute Gasteiger partial charge is 0.303 e. The van der Waals surface area contributed by atoms with Gasteiger partial charge in [-0.2, -0.15) is 0 Å². The fraction of sp³-hybridized carbons (Fsp3) is 0.417. The summed E-state index contributed by atoms with van der Waals surface area (Å²) in [6, 6.07) is 11.9. The maximum atomic E-state index is 13.0. The fourth-order valence-electron chi connectivity index (χ4n) is 3.61. The highest BCUT2D eigenvalue weighted by atomic mass is 32.2. The van der Waals surface area contributed by atoms with Crippen LogP contribution < -0.4 is 10.1 Å². The minimum Gasteiger partial charge on any atom is -0.493 e. The normalized spacial score (nSPS) is 17.8. The molecule has 0 saturated heterocycles. The molecule has 32 heavy (non-hydrogen) atoms. The van der Waals surface area contributed by atoms with E-state index in [2.05, 4.69) is 10.2 Å². The summed E-state index contributed by atoms with van der Waals surface area (Å²) in [5.41, 5.74) is 0.923. The number of carboxylic acid groups (broad SMARTS) is 1. The molecule has 1 amide bonds. The zero-order valence-corrected chi connectivity index (χ0v) is 18.7. The molecule has 2 aromatic rings. The Morgan fingerprint density at radius 3 is 2.75 bits per heavy atom. The monoisotopic (exact) mass is 456 g/mol. The van der Waals surface area contributed by atoms with Crippen molar-refractivity contribution >= 4 is 28.5 Å². The molecule has 1 saturated carbocycles. The highest BCUT2D eigenvalue weighted by Gasteiger charge is 2.41. The molecule has 2 heterocycles. The number of unbranched alkanes of at least 4 members (excludes halogenated alkanes) is 2. The number of furan rings is 1. The van der Waals surface area contributed by atoms with Gasteiger partial charge < -0.3 is 24.5 Å². The van der Waals surface area contributed by atoms with E-state index >= 15 is 0 Å². The lowest BCUT2D eigenvalue weighted by atomic mass is 10.2. The number of hydrogen-bond acceptors (Lipinski definition) is 6. The molecule has 170 valence electrons. The second kappa shape index (κ2) is 10.6. The van der Waals surface area contributed by atoms with Crippen molar-refractivity contribution in [2.75, 3.05) is 6.61 Å². The topological polar surface area (TPSA) is 92.0 Å². The van der Waals surface area contributed by atoms with Gasteiger partial charge in [0.25, 0.3) is 5.91 Å². The Morgan fingerprint density at radius 2 is 2.00 bits per heavy atom. The van der Waals surface area contributed by atoms with Gasteiger partial charge in [0.15, 0.2) is 5.37 Å². The van der Waals surface area contributed by atoms with Gasteiger partial charge in [0.05, 0.1) is 17.8 Å². The molecule has 2 aliphatic rings. The van der Waals surface area contributed by atoms with E-state index in [1.54, 1.807) is 6.26 Å². The Bertz CT molecular complexity index is 955. The van der Waals surface area contributed by atoms with Crippen LogP contribution in [0.1, 0.15) is 49.8 Å². The number of carbonyl (C=O) groups excluding carboxylic acids is 1. The van der Waals surface area contributed by atoms with Crippen LogP contribution in [0.5, 0.6) is 5.75 Å². The number of amides is 1. The molecule has 1 aromatic carbocycles. The third-order valence-electron chi connectivity index (χ3n) is 5.45. The highest BCUT2D eigenvalue weighted by molar-refractivity contribution is 8.09. The molecule has 2 N–H and O–H groups in total. The van der Waals surface area contributed by atoms with E-state index in [0.717, 1.165) is 47.7 Å². The summed E-state index contributed by atoms with van der Waals surface area (Å²) in [6.45, 7) is 0.911. The number of thioether (sulfide) groups is 1. The molecule has 1 aromatic heterocycles. The van der Waals surface area contributed by atoms with E-state index in [1.807, 2.05) is 42.6 Å². The van der Waals surface area contributed by atoms with Gasteiger partial charge in [-0.05, 0) is 50.3 Å². The summed E-state index contributed by atoms with van der Waals surface area (Å²) >= 11 is 1.52. The molecule has 1 unspecified atom stereocenters. The first kappa shape index (κ1) is 22.3. The largest absolute Gasteiger partial charge is 0.493 e. The fourth-order valence-corrected chi connectivity index (χ4v) is 4.81. The summed E-state index contributed by atoms with van der Waals surface area (Å²) in [4.78, 5) is 26.8. The number of nitrogens with one attached hydrogen (secondary N) is 1. The summed E-state index contributed by atoms with van der Waals surface area (Å²) in [6.07, 6.45) is 8.36. The lowest BCUT2D eigenvalue weighted by Crippen LogP contribution is -2.41. The van der Waals surface area contributed by atoms with Crippen molar-refractivity contribution in [1.82, 2.24) is 10.2 Å². The zero-order valence-electron chi connectivity index (χ0n) is 17.9. The molecule has 1 atom stereocenters. The number of carboxylic acids is 1. The van der Waals surface area contributed by atoms with E-state index < -0.39 is 5.97 Å². The van der Waals surface area contributed by atoms with Gasteiger partial charge in [0.2, 0.25) is 0 Å². The Hall–Kier alpha value is -2.87. The second-order valence-electron chi connectivity index (χ2n) is 8.00. The molecule has 4 rings (SSSR count). The molecular formula is C24H28N2O5S. The zero-order chi connectivity index (χ0) is 22.3. The minimum absolute atomic E-state index is 0.0248. The van der Waals surface area contributed by atoms with Crippen LogP contribution >= 0.6 is 11.8 Å². The molecule has 0 bridgehead atoms. The van der Waals surface area contributed by atoms with Crippen molar-refractivity contribution < 1.29 is 23.8 Å². The van der Waals surface area contributed by atoms with Crippen molar-refractivity contribution in [3.05, 3.63) is 60.2 Å². The number of rotatable bonds is 12. The molecule has 1 aliphatic heterocycles.